The lowest BCUT2D eigenvalue weighted by Crippen LogP contribution is -2.34. The third-order valence-electron chi connectivity index (χ3n) is 12.1. The van der Waals surface area contributed by atoms with Crippen molar-refractivity contribution in [3.8, 4) is 45.3 Å². The van der Waals surface area contributed by atoms with Crippen LogP contribution in [0.5, 0.6) is 23.0 Å². The van der Waals surface area contributed by atoms with Crippen LogP contribution in [0.2, 0.25) is 0 Å². The number of nitrogen functional groups attached to an aromatic ring is 2. The quantitative estimate of drug-likeness (QED) is 0.0907. The molecule has 0 radical (unpaired) electrons. The number of rotatable bonds is 8. The Morgan fingerprint density at radius 1 is 0.422 bits per heavy atom. The standard InChI is InChI=1S/C54H36F6N2O2/c55-53(56,57)44-29-39(61)21-25-48(44)63-46-23-19-37(27-41(46)32-9-3-1-4-10-32)52(31-36-15-7-13-34-17-18-35-14-8-16-43(52)51(35)50(34)36)38-20-24-47(42(28-38)33-11-5-2-6-12-33)64-49-26-22-40(62)30-45(49)54(58,59)60/h1-30H,31,61-62H2. The van der Waals surface area contributed by atoms with E-state index in [4.69, 9.17) is 20.9 Å². The van der Waals surface area contributed by atoms with Crippen molar-refractivity contribution >= 4 is 32.9 Å². The lowest BCUT2D eigenvalue weighted by Gasteiger charge is -2.41. The van der Waals surface area contributed by atoms with Crippen molar-refractivity contribution in [1.82, 2.24) is 0 Å². The summed E-state index contributed by atoms with van der Waals surface area (Å²) < 4.78 is 99.0. The molecule has 0 fully saturated rings. The Labute approximate surface area is 363 Å². The van der Waals surface area contributed by atoms with Crippen molar-refractivity contribution in [1.29, 1.82) is 0 Å². The fourth-order valence-corrected chi connectivity index (χ4v) is 9.21. The molecule has 64 heavy (non-hydrogen) atoms. The van der Waals surface area contributed by atoms with E-state index < -0.39 is 40.4 Å². The van der Waals surface area contributed by atoms with Gasteiger partial charge in [0.15, 0.2) is 0 Å². The highest BCUT2D eigenvalue weighted by molar-refractivity contribution is 6.13. The third kappa shape index (κ3) is 7.01. The minimum absolute atomic E-state index is 0.0532. The molecule has 1 aliphatic rings. The van der Waals surface area contributed by atoms with Crippen LogP contribution in [0.1, 0.15) is 33.4 Å². The van der Waals surface area contributed by atoms with E-state index in [1.165, 1.54) is 24.3 Å². The van der Waals surface area contributed by atoms with Crippen molar-refractivity contribution in [2.45, 2.75) is 24.2 Å². The van der Waals surface area contributed by atoms with Crippen LogP contribution in [0.3, 0.4) is 0 Å². The van der Waals surface area contributed by atoms with Gasteiger partial charge in [-0.25, -0.2) is 0 Å². The molecular weight excluding hydrogens is 823 g/mol. The van der Waals surface area contributed by atoms with Crippen molar-refractivity contribution in [3.05, 3.63) is 215 Å². The van der Waals surface area contributed by atoms with Crippen LogP contribution in [-0.4, -0.2) is 0 Å². The number of hydrogen-bond donors (Lipinski definition) is 2. The number of ether oxygens (including phenoxy) is 2. The molecule has 9 aromatic rings. The number of hydrogen-bond acceptors (Lipinski definition) is 4. The van der Waals surface area contributed by atoms with Crippen molar-refractivity contribution < 1.29 is 35.8 Å². The Balaban J connectivity index is 1.25. The Hall–Kier alpha value is -7.72. The highest BCUT2D eigenvalue weighted by Gasteiger charge is 2.43. The van der Waals surface area contributed by atoms with Gasteiger partial charge in [-0.2, -0.15) is 26.3 Å². The molecule has 0 saturated heterocycles. The Morgan fingerprint density at radius 3 is 1.36 bits per heavy atom. The lowest BCUT2D eigenvalue weighted by molar-refractivity contribution is -0.139. The van der Waals surface area contributed by atoms with Gasteiger partial charge in [-0.3, -0.25) is 0 Å². The zero-order valence-electron chi connectivity index (χ0n) is 33.8. The van der Waals surface area contributed by atoms with Gasteiger partial charge >= 0.3 is 12.4 Å². The molecule has 316 valence electrons. The fourth-order valence-electron chi connectivity index (χ4n) is 9.21. The molecule has 0 unspecified atom stereocenters. The molecular formula is C54H36F6N2O2. The first-order chi connectivity index (χ1) is 30.8. The second-order valence-corrected chi connectivity index (χ2v) is 15.9. The summed E-state index contributed by atoms with van der Waals surface area (Å²) in [5.41, 5.74) is 14.7. The maximum atomic E-state index is 14.4. The van der Waals surface area contributed by atoms with Gasteiger partial charge in [-0.05, 0) is 122 Å². The number of nitrogens with two attached hydrogens (primary N) is 2. The minimum Gasteiger partial charge on any atom is -0.456 e. The molecule has 1 aliphatic carbocycles. The second kappa shape index (κ2) is 15.3. The van der Waals surface area contributed by atoms with Gasteiger partial charge in [0.25, 0.3) is 0 Å². The van der Waals surface area contributed by atoms with Crippen LogP contribution in [0, 0.1) is 0 Å². The molecule has 0 aliphatic heterocycles. The Morgan fingerprint density at radius 2 is 0.875 bits per heavy atom. The zero-order valence-corrected chi connectivity index (χ0v) is 33.8. The largest absolute Gasteiger partial charge is 0.456 e. The van der Waals surface area contributed by atoms with Gasteiger partial charge in [-0.1, -0.05) is 121 Å². The summed E-state index contributed by atoms with van der Waals surface area (Å²) in [5, 5.41) is 4.24. The molecule has 9 aromatic carbocycles. The maximum Gasteiger partial charge on any atom is 0.420 e. The van der Waals surface area contributed by atoms with Crippen LogP contribution in [0.15, 0.2) is 182 Å². The summed E-state index contributed by atoms with van der Waals surface area (Å²) in [4.78, 5) is 0. The Bertz CT molecular complexity index is 3100. The highest BCUT2D eigenvalue weighted by atomic mass is 19.4. The van der Waals surface area contributed by atoms with Crippen LogP contribution in [0.25, 0.3) is 43.8 Å². The van der Waals surface area contributed by atoms with Gasteiger partial charge in [0, 0.05) is 27.9 Å². The monoisotopic (exact) mass is 858 g/mol. The molecule has 0 heterocycles. The number of halogens is 6. The van der Waals surface area contributed by atoms with Crippen molar-refractivity contribution in [2.24, 2.45) is 0 Å². The molecule has 0 bridgehead atoms. The lowest BCUT2D eigenvalue weighted by atomic mass is 9.61. The minimum atomic E-state index is -4.74. The molecule has 0 atom stereocenters. The molecule has 0 saturated carbocycles. The van der Waals surface area contributed by atoms with Crippen molar-refractivity contribution in [2.75, 3.05) is 11.5 Å². The second-order valence-electron chi connectivity index (χ2n) is 15.9. The summed E-state index contributed by atoms with van der Waals surface area (Å²) >= 11 is 0. The summed E-state index contributed by atoms with van der Waals surface area (Å²) in [6, 6.07) is 53.2. The average molecular weight is 859 g/mol. The van der Waals surface area contributed by atoms with E-state index in [1.54, 1.807) is 12.1 Å². The van der Waals surface area contributed by atoms with Gasteiger partial charge < -0.3 is 20.9 Å². The smallest absolute Gasteiger partial charge is 0.420 e. The first-order valence-electron chi connectivity index (χ1n) is 20.4. The molecule has 4 nitrogen and oxygen atoms in total. The zero-order chi connectivity index (χ0) is 44.4. The van der Waals surface area contributed by atoms with E-state index in [9.17, 15) is 26.3 Å². The van der Waals surface area contributed by atoms with E-state index >= 15 is 0 Å². The average Bonchev–Trinajstić information content (AvgIpc) is 3.29. The number of alkyl halides is 6. The SMILES string of the molecule is Nc1ccc(Oc2ccc(C3(c4ccc(Oc5ccc(N)cc5C(F)(F)F)c(-c5ccccc5)c4)Cc4cccc5ccc6cccc3c6c45)cc2-c2ccccc2)c(C(F)(F)F)c1. The first-order valence-corrected chi connectivity index (χ1v) is 20.4. The van der Waals surface area contributed by atoms with E-state index in [-0.39, 0.29) is 22.9 Å². The Kier molecular flexibility index (Phi) is 9.63. The topological polar surface area (TPSA) is 70.5 Å². The summed E-state index contributed by atoms with van der Waals surface area (Å²) in [6.45, 7) is 0. The number of benzene rings is 9. The first kappa shape index (κ1) is 40.4. The maximum absolute atomic E-state index is 14.4. The van der Waals surface area contributed by atoms with Crippen LogP contribution in [0.4, 0.5) is 37.7 Å². The molecule has 10 heteroatoms. The van der Waals surface area contributed by atoms with Crippen LogP contribution >= 0.6 is 0 Å². The molecule has 0 aromatic heterocycles. The third-order valence-corrected chi connectivity index (χ3v) is 12.1. The molecule has 0 spiro atoms. The molecule has 4 N–H and O–H groups in total. The van der Waals surface area contributed by atoms with Crippen LogP contribution < -0.4 is 20.9 Å². The van der Waals surface area contributed by atoms with Gasteiger partial charge in [-0.15, -0.1) is 0 Å². The van der Waals surface area contributed by atoms with Crippen LogP contribution in [-0.2, 0) is 24.2 Å². The van der Waals surface area contributed by atoms with Gasteiger partial charge in [0.1, 0.15) is 34.1 Å². The summed E-state index contributed by atoms with van der Waals surface area (Å²) in [7, 11) is 0. The predicted octanol–water partition coefficient (Wildman–Crippen LogP) is 15.0. The molecule has 10 rings (SSSR count). The van der Waals surface area contributed by atoms with E-state index in [2.05, 4.69) is 36.4 Å². The number of anilines is 2. The summed E-state index contributed by atoms with van der Waals surface area (Å²) in [5.74, 6) is -0.423. The summed E-state index contributed by atoms with van der Waals surface area (Å²) in [6.07, 6.45) is -9.04. The highest BCUT2D eigenvalue weighted by Crippen LogP contribution is 2.54. The van der Waals surface area contributed by atoms with Gasteiger partial charge in [0.2, 0.25) is 0 Å². The predicted molar refractivity (Wildman–Crippen MR) is 241 cm³/mol. The van der Waals surface area contributed by atoms with Gasteiger partial charge in [0.05, 0.1) is 0 Å². The van der Waals surface area contributed by atoms with E-state index in [1.807, 2.05) is 97.1 Å². The normalized spacial score (nSPS) is 13.3. The fraction of sp³-hybridized carbons (Fsp3) is 0.0741. The van der Waals surface area contributed by atoms with Crippen molar-refractivity contribution in [3.63, 3.8) is 0 Å². The van der Waals surface area contributed by atoms with E-state index in [0.29, 0.717) is 28.7 Å². The molecule has 0 amide bonds. The van der Waals surface area contributed by atoms with E-state index in [0.717, 1.165) is 55.9 Å².